The van der Waals surface area contributed by atoms with Crippen molar-refractivity contribution in [3.8, 4) is 11.5 Å². The molecule has 0 aliphatic heterocycles. The van der Waals surface area contributed by atoms with Gasteiger partial charge >= 0.3 is 0 Å². The molecule has 4 heteroatoms. The lowest BCUT2D eigenvalue weighted by Gasteiger charge is -2.25. The van der Waals surface area contributed by atoms with Crippen molar-refractivity contribution >= 4 is 22.1 Å². The average molecular weight is 331 g/mol. The third kappa shape index (κ3) is 2.44. The molecule has 1 aliphatic carbocycles. The fraction of sp³-hybridized carbons (Fsp3) is 0.333. The van der Waals surface area contributed by atoms with Gasteiger partial charge in [0.15, 0.2) is 5.58 Å². The van der Waals surface area contributed by atoms with Gasteiger partial charge in [-0.05, 0) is 50.1 Å². The smallest absolute Gasteiger partial charge is 0.227 e. The minimum absolute atomic E-state index is 0.592. The van der Waals surface area contributed by atoms with Crippen molar-refractivity contribution in [2.45, 2.75) is 45.1 Å². The lowest BCUT2D eigenvalue weighted by molar-refractivity contribution is 0.355. The third-order valence-corrected chi connectivity index (χ3v) is 5.35. The maximum Gasteiger partial charge on any atom is 0.227 e. The number of nitrogens with zero attached hydrogens (tertiary/aromatic N) is 3. The van der Waals surface area contributed by atoms with Crippen LogP contribution in [0.2, 0.25) is 0 Å². The van der Waals surface area contributed by atoms with E-state index in [-0.39, 0.29) is 0 Å². The normalized spacial score (nSPS) is 16.0. The van der Waals surface area contributed by atoms with Crippen molar-refractivity contribution in [3.63, 3.8) is 0 Å². The molecule has 0 unspecified atom stereocenters. The summed E-state index contributed by atoms with van der Waals surface area (Å²) in [5.74, 6) is 1.77. The summed E-state index contributed by atoms with van der Waals surface area (Å²) >= 11 is 0. The fourth-order valence-electron chi connectivity index (χ4n) is 4.15. The van der Waals surface area contributed by atoms with Crippen molar-refractivity contribution in [1.82, 2.24) is 14.5 Å². The summed E-state index contributed by atoms with van der Waals surface area (Å²) in [5, 5.41) is 0. The first kappa shape index (κ1) is 14.7. The van der Waals surface area contributed by atoms with Crippen LogP contribution in [0.5, 0.6) is 0 Å². The number of fused-ring (bicyclic) bond motifs is 2. The molecule has 0 N–H and O–H groups in total. The van der Waals surface area contributed by atoms with Gasteiger partial charge in [-0.15, -0.1) is 0 Å². The van der Waals surface area contributed by atoms with Gasteiger partial charge in [-0.3, -0.25) is 0 Å². The minimum atomic E-state index is 0.592. The molecule has 1 fully saturated rings. The highest BCUT2D eigenvalue weighted by atomic mass is 16.3. The topological polar surface area (TPSA) is 43.9 Å². The summed E-state index contributed by atoms with van der Waals surface area (Å²) in [6.45, 7) is 2.12. The van der Waals surface area contributed by atoms with Crippen LogP contribution in [0.1, 0.15) is 44.0 Å². The summed E-state index contributed by atoms with van der Waals surface area (Å²) in [5.41, 5.74) is 4.95. The van der Waals surface area contributed by atoms with Crippen molar-refractivity contribution < 1.29 is 4.42 Å². The molecule has 1 saturated carbocycles. The Hall–Kier alpha value is -2.62. The van der Waals surface area contributed by atoms with E-state index in [0.29, 0.717) is 11.9 Å². The Bertz CT molecular complexity index is 1020. The molecule has 1 aliphatic rings. The second kappa shape index (κ2) is 5.73. The fourth-order valence-corrected chi connectivity index (χ4v) is 4.15. The van der Waals surface area contributed by atoms with E-state index >= 15 is 0 Å². The Morgan fingerprint density at radius 3 is 2.64 bits per heavy atom. The first-order valence-corrected chi connectivity index (χ1v) is 9.14. The first-order chi connectivity index (χ1) is 12.3. The van der Waals surface area contributed by atoms with Gasteiger partial charge in [0, 0.05) is 11.6 Å². The molecule has 0 bridgehead atoms. The Morgan fingerprint density at radius 1 is 0.960 bits per heavy atom. The maximum atomic E-state index is 5.91. The van der Waals surface area contributed by atoms with Gasteiger partial charge in [0.25, 0.3) is 0 Å². The standard InChI is InChI=1S/C21H21N3O/c1-14-22-18-13-15(21-23-17-9-5-6-10-20(17)25-21)11-12-19(18)24(14)16-7-3-2-4-8-16/h5-6,9-13,16H,2-4,7-8H2,1H3. The highest BCUT2D eigenvalue weighted by Crippen LogP contribution is 2.34. The van der Waals surface area contributed by atoms with Gasteiger partial charge in [0.2, 0.25) is 5.89 Å². The minimum Gasteiger partial charge on any atom is -0.436 e. The zero-order valence-electron chi connectivity index (χ0n) is 14.4. The van der Waals surface area contributed by atoms with Crippen LogP contribution in [0.4, 0.5) is 0 Å². The average Bonchev–Trinajstić information content (AvgIpc) is 3.21. The maximum absolute atomic E-state index is 5.91. The zero-order chi connectivity index (χ0) is 16.8. The second-order valence-corrected chi connectivity index (χ2v) is 7.01. The molecule has 0 amide bonds. The summed E-state index contributed by atoms with van der Waals surface area (Å²) < 4.78 is 8.35. The van der Waals surface area contributed by atoms with Crippen molar-refractivity contribution in [3.05, 3.63) is 48.3 Å². The molecule has 2 aromatic heterocycles. The van der Waals surface area contributed by atoms with Crippen LogP contribution in [0.3, 0.4) is 0 Å². The third-order valence-electron chi connectivity index (χ3n) is 5.35. The van der Waals surface area contributed by atoms with E-state index in [9.17, 15) is 0 Å². The number of rotatable bonds is 2. The van der Waals surface area contributed by atoms with Gasteiger partial charge in [-0.25, -0.2) is 9.97 Å². The number of imidazole rings is 1. The predicted octanol–water partition coefficient (Wildman–Crippen LogP) is 5.66. The lowest BCUT2D eigenvalue weighted by Crippen LogP contribution is -2.13. The number of aromatic nitrogens is 3. The SMILES string of the molecule is Cc1nc2cc(-c3nc4ccccc4o3)ccc2n1C1CCCCC1. The monoisotopic (exact) mass is 331 g/mol. The van der Waals surface area contributed by atoms with E-state index in [2.05, 4.69) is 34.7 Å². The number of hydrogen-bond donors (Lipinski definition) is 0. The van der Waals surface area contributed by atoms with Gasteiger partial charge in [-0.2, -0.15) is 0 Å². The van der Waals surface area contributed by atoms with Crippen LogP contribution in [-0.4, -0.2) is 14.5 Å². The molecule has 0 saturated heterocycles. The molecule has 0 atom stereocenters. The number of aryl methyl sites for hydroxylation is 1. The van der Waals surface area contributed by atoms with E-state index in [1.54, 1.807) is 0 Å². The number of benzene rings is 2. The van der Waals surface area contributed by atoms with E-state index in [4.69, 9.17) is 9.40 Å². The van der Waals surface area contributed by atoms with E-state index in [1.807, 2.05) is 24.3 Å². The highest BCUT2D eigenvalue weighted by Gasteiger charge is 2.20. The van der Waals surface area contributed by atoms with E-state index < -0.39 is 0 Å². The Balaban J connectivity index is 1.60. The molecule has 0 radical (unpaired) electrons. The second-order valence-electron chi connectivity index (χ2n) is 7.01. The van der Waals surface area contributed by atoms with Crippen molar-refractivity contribution in [2.75, 3.05) is 0 Å². The Morgan fingerprint density at radius 2 is 1.80 bits per heavy atom. The predicted molar refractivity (Wildman–Crippen MR) is 99.6 cm³/mol. The quantitative estimate of drug-likeness (QED) is 0.476. The first-order valence-electron chi connectivity index (χ1n) is 9.14. The number of hydrogen-bond acceptors (Lipinski definition) is 3. The Labute approximate surface area is 146 Å². The van der Waals surface area contributed by atoms with Crippen molar-refractivity contribution in [2.24, 2.45) is 0 Å². The molecular formula is C21H21N3O. The zero-order valence-corrected chi connectivity index (χ0v) is 14.4. The molecule has 2 heterocycles. The van der Waals surface area contributed by atoms with Gasteiger partial charge < -0.3 is 8.98 Å². The molecule has 126 valence electrons. The summed E-state index contributed by atoms with van der Waals surface area (Å²) in [6.07, 6.45) is 6.54. The molecule has 4 nitrogen and oxygen atoms in total. The van der Waals surface area contributed by atoms with Gasteiger partial charge in [0.1, 0.15) is 11.3 Å². The van der Waals surface area contributed by atoms with Crippen LogP contribution in [0, 0.1) is 6.92 Å². The van der Waals surface area contributed by atoms with Gasteiger partial charge in [0.05, 0.1) is 11.0 Å². The molecular weight excluding hydrogens is 310 g/mol. The van der Waals surface area contributed by atoms with Crippen molar-refractivity contribution in [1.29, 1.82) is 0 Å². The van der Waals surface area contributed by atoms with Crippen LogP contribution in [0.15, 0.2) is 46.9 Å². The molecule has 2 aromatic carbocycles. The molecule has 5 rings (SSSR count). The number of oxazole rings is 1. The molecule has 0 spiro atoms. The summed E-state index contributed by atoms with van der Waals surface area (Å²) in [7, 11) is 0. The van der Waals surface area contributed by atoms with Crippen LogP contribution in [0.25, 0.3) is 33.6 Å². The van der Waals surface area contributed by atoms with E-state index in [1.165, 1.54) is 37.6 Å². The van der Waals surface area contributed by atoms with Crippen LogP contribution in [-0.2, 0) is 0 Å². The summed E-state index contributed by atoms with van der Waals surface area (Å²) in [6, 6.07) is 14.8. The van der Waals surface area contributed by atoms with Crippen LogP contribution < -0.4 is 0 Å². The number of para-hydroxylation sites is 2. The summed E-state index contributed by atoms with van der Waals surface area (Å²) in [4.78, 5) is 9.43. The van der Waals surface area contributed by atoms with E-state index in [0.717, 1.165) is 28.0 Å². The largest absolute Gasteiger partial charge is 0.436 e. The Kier molecular flexibility index (Phi) is 3.37. The lowest BCUT2D eigenvalue weighted by atomic mass is 9.95. The van der Waals surface area contributed by atoms with Crippen LogP contribution >= 0.6 is 0 Å². The molecule has 4 aromatic rings. The van der Waals surface area contributed by atoms with Gasteiger partial charge in [-0.1, -0.05) is 31.4 Å². The highest BCUT2D eigenvalue weighted by molar-refractivity contribution is 5.83. The molecule has 25 heavy (non-hydrogen) atoms.